The lowest BCUT2D eigenvalue weighted by Gasteiger charge is -2.46. The van der Waals surface area contributed by atoms with E-state index in [1.165, 1.54) is 24.8 Å². The topological polar surface area (TPSA) is 87.1 Å². The van der Waals surface area contributed by atoms with Crippen LogP contribution in [0.15, 0.2) is 61.2 Å². The van der Waals surface area contributed by atoms with Crippen LogP contribution in [0.5, 0.6) is 23.5 Å². The van der Waals surface area contributed by atoms with E-state index in [9.17, 15) is 31.1 Å². The van der Waals surface area contributed by atoms with Crippen molar-refractivity contribution < 1.29 is 40.6 Å². The fourth-order valence-electron chi connectivity index (χ4n) is 6.68. The van der Waals surface area contributed by atoms with Crippen molar-refractivity contribution in [2.45, 2.75) is 74.5 Å². The van der Waals surface area contributed by atoms with E-state index < -0.39 is 48.9 Å². The fourth-order valence-corrected chi connectivity index (χ4v) is 6.87. The van der Waals surface area contributed by atoms with Crippen LogP contribution in [-0.4, -0.2) is 38.1 Å². The molecule has 0 bridgehead atoms. The van der Waals surface area contributed by atoms with Gasteiger partial charge in [-0.2, -0.15) is 26.3 Å². The van der Waals surface area contributed by atoms with Gasteiger partial charge in [0.15, 0.2) is 0 Å². The van der Waals surface area contributed by atoms with Crippen molar-refractivity contribution in [2.75, 3.05) is 0 Å². The van der Waals surface area contributed by atoms with Crippen LogP contribution in [0.25, 0.3) is 0 Å². The second-order valence-electron chi connectivity index (χ2n) is 11.7. The lowest BCUT2D eigenvalue weighted by Crippen LogP contribution is -2.40. The molecule has 0 N–H and O–H groups in total. The first-order valence-electron chi connectivity index (χ1n) is 15.0. The molecular formula is C33H26Cl2F6N4O3. The molecule has 4 atom stereocenters. The predicted molar refractivity (Wildman–Crippen MR) is 163 cm³/mol. The first kappa shape index (κ1) is 33.9. The summed E-state index contributed by atoms with van der Waals surface area (Å²) >= 11 is 11.8. The summed E-state index contributed by atoms with van der Waals surface area (Å²) in [5.41, 5.74) is 2.30. The highest BCUT2D eigenvalue weighted by Crippen LogP contribution is 2.61. The number of Topliss-reactive ketones (excluding diaryl/α,β-unsaturated/α-hetero) is 1. The number of nitrogens with zero attached hydrogens (tertiary/aromatic N) is 4. The summed E-state index contributed by atoms with van der Waals surface area (Å²) in [6.07, 6.45) is -5.96. The second-order valence-corrected chi connectivity index (χ2v) is 12.5. The molecule has 15 heteroatoms. The maximum absolute atomic E-state index is 14.5. The summed E-state index contributed by atoms with van der Waals surface area (Å²) in [5.74, 6) is -2.59. The number of halogens is 8. The Morgan fingerprint density at radius 2 is 1.02 bits per heavy atom. The van der Waals surface area contributed by atoms with Crippen LogP contribution in [-0.2, 0) is 4.79 Å². The number of carbonyl (C=O) groups excluding carboxylic acids is 1. The molecule has 252 valence electrons. The van der Waals surface area contributed by atoms with E-state index in [0.29, 0.717) is 33.8 Å². The molecule has 48 heavy (non-hydrogen) atoms. The Morgan fingerprint density at radius 3 is 1.38 bits per heavy atom. The monoisotopic (exact) mass is 710 g/mol. The Balaban J connectivity index is 1.33. The number of fused-ring (bicyclic) bond motifs is 2. The van der Waals surface area contributed by atoms with Gasteiger partial charge in [-0.3, -0.25) is 4.79 Å². The molecule has 0 amide bonds. The zero-order valence-corrected chi connectivity index (χ0v) is 26.4. The van der Waals surface area contributed by atoms with E-state index in [1.807, 2.05) is 0 Å². The van der Waals surface area contributed by atoms with Crippen LogP contribution < -0.4 is 9.47 Å². The summed E-state index contributed by atoms with van der Waals surface area (Å²) in [6, 6.07) is 9.91. The van der Waals surface area contributed by atoms with Crippen molar-refractivity contribution in [2.24, 2.45) is 0 Å². The van der Waals surface area contributed by atoms with Crippen LogP contribution in [0.1, 0.15) is 84.5 Å². The van der Waals surface area contributed by atoms with Gasteiger partial charge in [0.25, 0.3) is 0 Å². The molecule has 4 aromatic rings. The minimum absolute atomic E-state index is 0.0279. The Kier molecular flexibility index (Phi) is 9.54. The van der Waals surface area contributed by atoms with Gasteiger partial charge in [-0.15, -0.1) is 0 Å². The van der Waals surface area contributed by atoms with E-state index in [2.05, 4.69) is 19.9 Å². The van der Waals surface area contributed by atoms with Gasteiger partial charge < -0.3 is 9.47 Å². The molecule has 2 heterocycles. The standard InChI is InChI=1S/C33H26Cl2F6N4O3/c34-17-13-42-30(43-14-17)47-23-9-1-5-19-25(23)21(7-3-11-32(36,37)38)27(19)29(46)28-20-6-2-10-24(48-31-44-15-18(35)16-45-31)26(20)22(28)8-4-12-33(39,40)41/h1-2,5-6,9-10,13-16,21-22,27-28H,3-4,7-8,11-12H2. The summed E-state index contributed by atoms with van der Waals surface area (Å²) in [7, 11) is 0. The van der Waals surface area contributed by atoms with Gasteiger partial charge >= 0.3 is 24.4 Å². The third-order valence-corrected chi connectivity index (χ3v) is 8.97. The maximum Gasteiger partial charge on any atom is 0.389 e. The first-order chi connectivity index (χ1) is 22.8. The number of benzene rings is 2. The fraction of sp³-hybridized carbons (Fsp3) is 0.364. The molecule has 4 unspecified atom stereocenters. The van der Waals surface area contributed by atoms with E-state index in [-0.39, 0.29) is 53.5 Å². The van der Waals surface area contributed by atoms with Crippen molar-refractivity contribution in [3.8, 4) is 23.5 Å². The summed E-state index contributed by atoms with van der Waals surface area (Å²) < 4.78 is 90.8. The highest BCUT2D eigenvalue weighted by atomic mass is 35.5. The Hall–Kier alpha value is -3.97. The minimum Gasteiger partial charge on any atom is -0.424 e. The first-order valence-corrected chi connectivity index (χ1v) is 15.8. The predicted octanol–water partition coefficient (Wildman–Crippen LogP) is 10.3. The van der Waals surface area contributed by atoms with Gasteiger partial charge in [0, 0.05) is 35.8 Å². The van der Waals surface area contributed by atoms with E-state index >= 15 is 0 Å². The van der Waals surface area contributed by atoms with Crippen molar-refractivity contribution in [3.05, 3.63) is 93.5 Å². The molecule has 7 nitrogen and oxygen atoms in total. The van der Waals surface area contributed by atoms with Crippen LogP contribution >= 0.6 is 23.2 Å². The molecule has 2 aliphatic rings. The van der Waals surface area contributed by atoms with Gasteiger partial charge in [-0.25, -0.2) is 19.9 Å². The SMILES string of the molecule is O=C(C1c2cccc(Oc3ncc(Cl)cn3)c2C1CCCC(F)(F)F)C1c2cccc(Oc3ncc(Cl)cn3)c2C1CCCC(F)(F)F. The highest BCUT2D eigenvalue weighted by molar-refractivity contribution is 6.30. The molecule has 0 radical (unpaired) electrons. The van der Waals surface area contributed by atoms with Crippen LogP contribution in [0.2, 0.25) is 10.0 Å². The zero-order valence-electron chi connectivity index (χ0n) is 24.9. The van der Waals surface area contributed by atoms with E-state index in [1.54, 1.807) is 36.4 Å². The average Bonchev–Trinajstić information content (AvgIpc) is 2.99. The van der Waals surface area contributed by atoms with Gasteiger partial charge in [-0.05, 0) is 48.9 Å². The van der Waals surface area contributed by atoms with Crippen molar-refractivity contribution in [1.29, 1.82) is 0 Å². The van der Waals surface area contributed by atoms with E-state index in [4.69, 9.17) is 32.7 Å². The molecule has 2 aliphatic carbocycles. The van der Waals surface area contributed by atoms with E-state index in [0.717, 1.165) is 0 Å². The normalized spacial score (nSPS) is 19.8. The molecule has 6 rings (SSSR count). The zero-order chi connectivity index (χ0) is 34.2. The largest absolute Gasteiger partial charge is 0.424 e. The number of hydrogen-bond acceptors (Lipinski definition) is 7. The van der Waals surface area contributed by atoms with Gasteiger partial charge in [0.2, 0.25) is 0 Å². The van der Waals surface area contributed by atoms with Crippen molar-refractivity contribution in [3.63, 3.8) is 0 Å². The number of carbonyl (C=O) groups is 1. The number of aromatic nitrogens is 4. The number of ether oxygens (including phenoxy) is 2. The van der Waals surface area contributed by atoms with Gasteiger partial charge in [0.05, 0.1) is 46.7 Å². The third-order valence-electron chi connectivity index (χ3n) is 8.58. The number of rotatable bonds is 12. The average molecular weight is 711 g/mol. The van der Waals surface area contributed by atoms with Crippen LogP contribution in [0, 0.1) is 0 Å². The number of alkyl halides is 6. The highest BCUT2D eigenvalue weighted by Gasteiger charge is 2.52. The van der Waals surface area contributed by atoms with Crippen LogP contribution in [0.3, 0.4) is 0 Å². The molecule has 0 spiro atoms. The van der Waals surface area contributed by atoms with Crippen molar-refractivity contribution >= 4 is 29.0 Å². The Morgan fingerprint density at radius 1 is 0.646 bits per heavy atom. The Bertz CT molecular complexity index is 1660. The quantitative estimate of drug-likeness (QED) is 0.135. The lowest BCUT2D eigenvalue weighted by molar-refractivity contribution is -0.136. The minimum atomic E-state index is -4.39. The number of ketones is 1. The molecule has 2 aromatic carbocycles. The molecule has 0 saturated carbocycles. The summed E-state index contributed by atoms with van der Waals surface area (Å²) in [6.45, 7) is 0. The molecule has 0 saturated heterocycles. The Labute approximate surface area is 280 Å². The molecular weight excluding hydrogens is 685 g/mol. The van der Waals surface area contributed by atoms with Crippen molar-refractivity contribution in [1.82, 2.24) is 19.9 Å². The van der Waals surface area contributed by atoms with Gasteiger partial charge in [0.1, 0.15) is 17.3 Å². The van der Waals surface area contributed by atoms with Crippen LogP contribution in [0.4, 0.5) is 26.3 Å². The summed E-state index contributed by atoms with van der Waals surface area (Å²) in [5, 5.41) is 0.554. The smallest absolute Gasteiger partial charge is 0.389 e. The molecule has 2 aromatic heterocycles. The lowest BCUT2D eigenvalue weighted by atomic mass is 9.56. The molecule has 0 aliphatic heterocycles. The third kappa shape index (κ3) is 7.36. The van der Waals surface area contributed by atoms with Gasteiger partial charge in [-0.1, -0.05) is 47.5 Å². The number of hydrogen-bond donors (Lipinski definition) is 0. The second kappa shape index (κ2) is 13.5. The molecule has 0 fully saturated rings. The summed E-state index contributed by atoms with van der Waals surface area (Å²) in [4.78, 5) is 30.6. The maximum atomic E-state index is 14.5.